The third kappa shape index (κ3) is 6.04. The second-order valence-corrected chi connectivity index (χ2v) is 7.99. The van der Waals surface area contributed by atoms with E-state index in [1.807, 2.05) is 6.07 Å². The second kappa shape index (κ2) is 11.1. The molecule has 1 aromatic heterocycles. The van der Waals surface area contributed by atoms with E-state index in [4.69, 9.17) is 17.3 Å². The number of Topliss-reactive ketones (excluding diaryl/α,β-unsaturated/α-hetero) is 1. The number of fused-ring (bicyclic) bond motifs is 1. The number of carbonyl (C=O) groups is 1. The van der Waals surface area contributed by atoms with Crippen LogP contribution in [-0.4, -0.2) is 51.7 Å². The predicted octanol–water partition coefficient (Wildman–Crippen LogP) is 3.93. The Labute approximate surface area is 193 Å². The molecule has 0 fully saturated rings. The number of nitrogen functional groups attached to an aromatic ring is 1. The maximum absolute atomic E-state index is 12.5. The molecule has 0 aliphatic rings. The molecule has 7 heteroatoms. The Balaban J connectivity index is 1.67. The van der Waals surface area contributed by atoms with Gasteiger partial charge in [-0.05, 0) is 49.8 Å². The van der Waals surface area contributed by atoms with Gasteiger partial charge < -0.3 is 15.7 Å². The number of nitrogens with zero attached hydrogens (tertiary/aromatic N) is 3. The Kier molecular flexibility index (Phi) is 8.18. The van der Waals surface area contributed by atoms with E-state index >= 15 is 0 Å². The quantitative estimate of drug-likeness (QED) is 0.399. The number of hydrogen-bond donors (Lipinski definition) is 2. The third-order valence-electron chi connectivity index (χ3n) is 5.36. The standard InChI is InChI=1S/C25H27ClN4O2/c1-3-30(4-2)16-20(31)11-14-24(32)18-8-5-17(6-9-18)7-12-22-21-13-10-19(26)15-23(21)28-29-25(22)27/h5-6,8-10,13,15,20,31H,3-4,11,14,16H2,1-2H3,(H2,27,29). The summed E-state index contributed by atoms with van der Waals surface area (Å²) in [6, 6.07) is 12.4. The maximum atomic E-state index is 12.5. The van der Waals surface area contributed by atoms with Gasteiger partial charge in [0.05, 0.1) is 17.2 Å². The van der Waals surface area contributed by atoms with E-state index in [0.717, 1.165) is 24.0 Å². The fourth-order valence-electron chi connectivity index (χ4n) is 3.41. The minimum atomic E-state index is -0.506. The van der Waals surface area contributed by atoms with Gasteiger partial charge in [0.25, 0.3) is 0 Å². The lowest BCUT2D eigenvalue weighted by Gasteiger charge is -2.21. The fraction of sp³-hybridized carbons (Fsp3) is 0.320. The lowest BCUT2D eigenvalue weighted by Crippen LogP contribution is -2.32. The molecule has 3 rings (SSSR count). The highest BCUT2D eigenvalue weighted by atomic mass is 35.5. The van der Waals surface area contributed by atoms with Crippen LogP contribution in [0.4, 0.5) is 5.82 Å². The lowest BCUT2D eigenvalue weighted by molar-refractivity contribution is 0.0877. The first-order valence-corrected chi connectivity index (χ1v) is 11.1. The Bertz CT molecular complexity index is 1150. The van der Waals surface area contributed by atoms with Crippen molar-refractivity contribution in [2.24, 2.45) is 0 Å². The van der Waals surface area contributed by atoms with Crippen LogP contribution in [0.5, 0.6) is 0 Å². The summed E-state index contributed by atoms with van der Waals surface area (Å²) in [5, 5.41) is 19.5. The average Bonchev–Trinajstić information content (AvgIpc) is 2.80. The van der Waals surface area contributed by atoms with Crippen LogP contribution >= 0.6 is 11.6 Å². The van der Waals surface area contributed by atoms with Gasteiger partial charge in [0.1, 0.15) is 0 Å². The Morgan fingerprint density at radius 2 is 1.84 bits per heavy atom. The summed E-state index contributed by atoms with van der Waals surface area (Å²) < 4.78 is 0. The molecular weight excluding hydrogens is 424 g/mol. The smallest absolute Gasteiger partial charge is 0.162 e. The zero-order chi connectivity index (χ0) is 23.1. The van der Waals surface area contributed by atoms with Gasteiger partial charge in [0.2, 0.25) is 0 Å². The van der Waals surface area contributed by atoms with Crippen molar-refractivity contribution < 1.29 is 9.90 Å². The van der Waals surface area contributed by atoms with Crippen LogP contribution in [0.2, 0.25) is 5.02 Å². The van der Waals surface area contributed by atoms with Gasteiger partial charge in [-0.3, -0.25) is 4.79 Å². The first-order valence-electron chi connectivity index (χ1n) is 10.7. The van der Waals surface area contributed by atoms with E-state index in [1.54, 1.807) is 36.4 Å². The minimum absolute atomic E-state index is 0.00792. The molecule has 0 aliphatic heterocycles. The SMILES string of the molecule is CCN(CC)CC(O)CCC(=O)c1ccc(C#Cc2c(N)nnc3cc(Cl)ccc23)cc1. The first-order chi connectivity index (χ1) is 15.4. The van der Waals surface area contributed by atoms with Gasteiger partial charge in [-0.2, -0.15) is 0 Å². The predicted molar refractivity (Wildman–Crippen MR) is 129 cm³/mol. The molecule has 0 saturated heterocycles. The average molecular weight is 451 g/mol. The normalized spacial score (nSPS) is 11.9. The van der Waals surface area contributed by atoms with E-state index in [2.05, 4.69) is 40.8 Å². The van der Waals surface area contributed by atoms with Gasteiger partial charge in [0, 0.05) is 34.5 Å². The Hall–Kier alpha value is -2.98. The van der Waals surface area contributed by atoms with E-state index in [0.29, 0.717) is 41.1 Å². The van der Waals surface area contributed by atoms with E-state index in [-0.39, 0.29) is 11.6 Å². The number of carbonyl (C=O) groups excluding carboxylic acids is 1. The zero-order valence-electron chi connectivity index (χ0n) is 18.3. The number of nitrogens with two attached hydrogens (primary N) is 1. The van der Waals surface area contributed by atoms with Gasteiger partial charge in [-0.1, -0.05) is 49.4 Å². The maximum Gasteiger partial charge on any atom is 0.162 e. The van der Waals surface area contributed by atoms with E-state index in [9.17, 15) is 9.90 Å². The molecule has 32 heavy (non-hydrogen) atoms. The highest BCUT2D eigenvalue weighted by Crippen LogP contribution is 2.23. The van der Waals surface area contributed by atoms with Crippen LogP contribution in [0, 0.1) is 11.8 Å². The molecule has 0 radical (unpaired) electrons. The van der Waals surface area contributed by atoms with Crippen LogP contribution in [-0.2, 0) is 0 Å². The Morgan fingerprint density at radius 1 is 1.12 bits per heavy atom. The molecule has 3 N–H and O–H groups in total. The number of aromatic nitrogens is 2. The number of benzene rings is 2. The fourth-order valence-corrected chi connectivity index (χ4v) is 3.58. The third-order valence-corrected chi connectivity index (χ3v) is 5.59. The zero-order valence-corrected chi connectivity index (χ0v) is 19.1. The summed E-state index contributed by atoms with van der Waals surface area (Å²) in [6.45, 7) is 6.47. The summed E-state index contributed by atoms with van der Waals surface area (Å²) >= 11 is 6.02. The van der Waals surface area contributed by atoms with Crippen LogP contribution in [0.15, 0.2) is 42.5 Å². The Morgan fingerprint density at radius 3 is 2.53 bits per heavy atom. The van der Waals surface area contributed by atoms with Crippen molar-refractivity contribution in [3.05, 3.63) is 64.2 Å². The highest BCUT2D eigenvalue weighted by Gasteiger charge is 2.13. The molecule has 2 aromatic carbocycles. The molecule has 1 unspecified atom stereocenters. The summed E-state index contributed by atoms with van der Waals surface area (Å²) in [5.74, 6) is 6.40. The lowest BCUT2D eigenvalue weighted by atomic mass is 10.0. The highest BCUT2D eigenvalue weighted by molar-refractivity contribution is 6.31. The summed E-state index contributed by atoms with van der Waals surface area (Å²) in [5.41, 5.74) is 8.56. The van der Waals surface area contributed by atoms with Gasteiger partial charge >= 0.3 is 0 Å². The monoisotopic (exact) mass is 450 g/mol. The summed E-state index contributed by atoms with van der Waals surface area (Å²) in [4.78, 5) is 14.6. The number of rotatable bonds is 8. The van der Waals surface area contributed by atoms with Gasteiger partial charge in [0.15, 0.2) is 11.6 Å². The van der Waals surface area contributed by atoms with Crippen LogP contribution < -0.4 is 5.73 Å². The van der Waals surface area contributed by atoms with E-state index < -0.39 is 6.10 Å². The summed E-state index contributed by atoms with van der Waals surface area (Å²) in [7, 11) is 0. The molecule has 3 aromatic rings. The molecule has 166 valence electrons. The molecule has 0 aliphatic carbocycles. The van der Waals surface area contributed by atoms with E-state index in [1.165, 1.54) is 0 Å². The molecule has 6 nitrogen and oxygen atoms in total. The number of hydrogen-bond acceptors (Lipinski definition) is 6. The van der Waals surface area contributed by atoms with Crippen LogP contribution in [0.3, 0.4) is 0 Å². The van der Waals surface area contributed by atoms with Crippen molar-refractivity contribution >= 4 is 34.1 Å². The first kappa shape index (κ1) is 23.7. The van der Waals surface area contributed by atoms with Crippen molar-refractivity contribution in [1.82, 2.24) is 15.1 Å². The number of ketones is 1. The molecule has 1 heterocycles. The van der Waals surface area contributed by atoms with Crippen molar-refractivity contribution in [3.8, 4) is 11.8 Å². The van der Waals surface area contributed by atoms with Crippen molar-refractivity contribution in [2.75, 3.05) is 25.4 Å². The molecule has 0 spiro atoms. The topological polar surface area (TPSA) is 92.3 Å². The molecule has 0 bridgehead atoms. The van der Waals surface area contributed by atoms with Crippen molar-refractivity contribution in [3.63, 3.8) is 0 Å². The number of aliphatic hydroxyl groups excluding tert-OH is 1. The van der Waals surface area contributed by atoms with Gasteiger partial charge in [-0.15, -0.1) is 10.2 Å². The second-order valence-electron chi connectivity index (χ2n) is 7.55. The van der Waals surface area contributed by atoms with Crippen LogP contribution in [0.1, 0.15) is 48.2 Å². The number of likely N-dealkylation sites (N-methyl/N-ethyl adjacent to an activating group) is 1. The molecule has 0 amide bonds. The molecule has 0 saturated carbocycles. The van der Waals surface area contributed by atoms with Crippen LogP contribution in [0.25, 0.3) is 10.9 Å². The molecule has 1 atom stereocenters. The van der Waals surface area contributed by atoms with Crippen molar-refractivity contribution in [1.29, 1.82) is 0 Å². The summed E-state index contributed by atoms with van der Waals surface area (Å²) in [6.07, 6.45) is 0.247. The minimum Gasteiger partial charge on any atom is -0.392 e. The largest absolute Gasteiger partial charge is 0.392 e. The number of aliphatic hydroxyl groups is 1. The molecular formula is C25H27ClN4O2. The number of anilines is 1. The van der Waals surface area contributed by atoms with Crippen molar-refractivity contribution in [2.45, 2.75) is 32.8 Å². The number of halogens is 1. The van der Waals surface area contributed by atoms with Gasteiger partial charge in [-0.25, -0.2) is 0 Å².